The van der Waals surface area contributed by atoms with E-state index < -0.39 is 30.9 Å². The molecule has 1 aromatic heterocycles. The Morgan fingerprint density at radius 1 is 1.10 bits per heavy atom. The topological polar surface area (TPSA) is 124 Å². The van der Waals surface area contributed by atoms with Crippen LogP contribution in [0, 0.1) is 12.8 Å². The van der Waals surface area contributed by atoms with Gasteiger partial charge < -0.3 is 20.7 Å². The molecule has 0 saturated heterocycles. The van der Waals surface area contributed by atoms with Crippen LogP contribution in [0.15, 0.2) is 42.9 Å². The van der Waals surface area contributed by atoms with Gasteiger partial charge in [0.2, 0.25) is 5.91 Å². The minimum Gasteiger partial charge on any atom is -0.426 e. The Morgan fingerprint density at radius 2 is 1.79 bits per heavy atom. The lowest BCUT2D eigenvalue weighted by molar-refractivity contribution is -0.123. The molecule has 8 nitrogen and oxygen atoms in total. The van der Waals surface area contributed by atoms with Crippen molar-refractivity contribution in [3.8, 4) is 0 Å². The predicted molar refractivity (Wildman–Crippen MR) is 110 cm³/mol. The van der Waals surface area contributed by atoms with Crippen LogP contribution in [0.4, 0.5) is 0 Å². The van der Waals surface area contributed by atoms with Crippen LogP contribution < -0.4 is 10.6 Å². The maximum atomic E-state index is 12.9. The van der Waals surface area contributed by atoms with E-state index in [1.165, 1.54) is 18.6 Å². The molecular weight excluding hydrogens is 371 g/mol. The number of nitrogens with one attached hydrogen (secondary N) is 2. The zero-order valence-corrected chi connectivity index (χ0v) is 16.9. The summed E-state index contributed by atoms with van der Waals surface area (Å²) < 4.78 is 0. The van der Waals surface area contributed by atoms with Gasteiger partial charge in [0.05, 0.1) is 12.1 Å². The highest BCUT2D eigenvalue weighted by Gasteiger charge is 2.30. The molecule has 1 aromatic carbocycles. The second-order valence-electron chi connectivity index (χ2n) is 7.46. The van der Waals surface area contributed by atoms with Crippen molar-refractivity contribution in [3.63, 3.8) is 0 Å². The van der Waals surface area contributed by atoms with Crippen LogP contribution in [0.3, 0.4) is 0 Å². The molecule has 2 aromatic rings. The summed E-state index contributed by atoms with van der Waals surface area (Å²) in [7, 11) is -1.70. The number of hydrogen-bond acceptors (Lipinski definition) is 6. The Hall–Kier alpha value is -2.78. The van der Waals surface area contributed by atoms with Crippen LogP contribution in [0.5, 0.6) is 0 Å². The SMILES string of the molecule is Cc1ccc(C[C@H](NC(=O)c2cnccn2)C(=O)N[C@@H](CC(C)C)B(O)O)cc1. The first kappa shape index (κ1) is 22.5. The third-order valence-corrected chi connectivity index (χ3v) is 4.39. The molecule has 29 heavy (non-hydrogen) atoms. The Bertz CT molecular complexity index is 800. The maximum Gasteiger partial charge on any atom is 0.475 e. The lowest BCUT2D eigenvalue weighted by Crippen LogP contribution is -2.55. The summed E-state index contributed by atoms with van der Waals surface area (Å²) in [5.41, 5.74) is 2.04. The number of aryl methyl sites for hydroxylation is 1. The molecule has 154 valence electrons. The molecule has 0 bridgehead atoms. The first-order valence-electron chi connectivity index (χ1n) is 9.55. The van der Waals surface area contributed by atoms with Crippen molar-refractivity contribution in [2.45, 2.75) is 45.6 Å². The zero-order valence-electron chi connectivity index (χ0n) is 16.9. The van der Waals surface area contributed by atoms with Crippen molar-refractivity contribution < 1.29 is 19.6 Å². The Balaban J connectivity index is 2.19. The molecule has 0 aliphatic heterocycles. The van der Waals surface area contributed by atoms with Crippen molar-refractivity contribution in [2.24, 2.45) is 5.92 Å². The Kier molecular flexibility index (Phi) is 8.29. The second kappa shape index (κ2) is 10.7. The molecule has 2 amide bonds. The zero-order chi connectivity index (χ0) is 21.4. The van der Waals surface area contributed by atoms with Crippen molar-refractivity contribution >= 4 is 18.9 Å². The number of benzene rings is 1. The van der Waals surface area contributed by atoms with Crippen LogP contribution in [0.1, 0.15) is 41.9 Å². The number of carbonyl (C=O) groups excluding carboxylic acids is 2. The number of hydrogen-bond donors (Lipinski definition) is 4. The lowest BCUT2D eigenvalue weighted by Gasteiger charge is -2.24. The molecule has 4 N–H and O–H groups in total. The van der Waals surface area contributed by atoms with Crippen molar-refractivity contribution in [1.29, 1.82) is 0 Å². The number of rotatable bonds is 9. The first-order chi connectivity index (χ1) is 13.8. The summed E-state index contributed by atoms with van der Waals surface area (Å²) in [6.07, 6.45) is 4.79. The van der Waals surface area contributed by atoms with Gasteiger partial charge in [0.1, 0.15) is 11.7 Å². The number of aromatic nitrogens is 2. The molecule has 0 aliphatic rings. The van der Waals surface area contributed by atoms with Gasteiger partial charge in [-0.25, -0.2) is 4.98 Å². The summed E-state index contributed by atoms with van der Waals surface area (Å²) in [5.74, 6) is -1.72. The summed E-state index contributed by atoms with van der Waals surface area (Å²) in [6.45, 7) is 5.80. The monoisotopic (exact) mass is 398 g/mol. The molecule has 0 unspecified atom stereocenters. The molecule has 0 saturated carbocycles. The van der Waals surface area contributed by atoms with E-state index in [0.29, 0.717) is 6.42 Å². The van der Waals surface area contributed by atoms with Gasteiger partial charge >= 0.3 is 7.12 Å². The van der Waals surface area contributed by atoms with Gasteiger partial charge in [0.15, 0.2) is 0 Å². The smallest absolute Gasteiger partial charge is 0.426 e. The van der Waals surface area contributed by atoms with Crippen LogP contribution in [-0.4, -0.2) is 50.9 Å². The van der Waals surface area contributed by atoms with Gasteiger partial charge in [-0.1, -0.05) is 43.7 Å². The first-order valence-corrected chi connectivity index (χ1v) is 9.55. The fourth-order valence-electron chi connectivity index (χ4n) is 2.86. The predicted octanol–water partition coefficient (Wildman–Crippen LogP) is 0.669. The summed E-state index contributed by atoms with van der Waals surface area (Å²) in [6, 6.07) is 6.70. The lowest BCUT2D eigenvalue weighted by atomic mass is 9.75. The Labute approximate surface area is 170 Å². The van der Waals surface area contributed by atoms with Gasteiger partial charge in [-0.2, -0.15) is 0 Å². The van der Waals surface area contributed by atoms with E-state index in [-0.39, 0.29) is 18.0 Å². The third kappa shape index (κ3) is 7.28. The number of amides is 2. The molecule has 0 fully saturated rings. The van der Waals surface area contributed by atoms with Gasteiger partial charge in [-0.05, 0) is 24.8 Å². The maximum absolute atomic E-state index is 12.9. The van der Waals surface area contributed by atoms with Crippen molar-refractivity contribution in [2.75, 3.05) is 0 Å². The highest BCUT2D eigenvalue weighted by atomic mass is 16.4. The average molecular weight is 398 g/mol. The van der Waals surface area contributed by atoms with E-state index in [1.807, 2.05) is 45.0 Å². The fraction of sp³-hybridized carbons (Fsp3) is 0.400. The molecule has 0 aliphatic carbocycles. The Morgan fingerprint density at radius 3 is 2.34 bits per heavy atom. The van der Waals surface area contributed by atoms with E-state index in [4.69, 9.17) is 0 Å². The van der Waals surface area contributed by atoms with Gasteiger partial charge in [0, 0.05) is 18.8 Å². The second-order valence-corrected chi connectivity index (χ2v) is 7.46. The van der Waals surface area contributed by atoms with Crippen LogP contribution in [-0.2, 0) is 11.2 Å². The van der Waals surface area contributed by atoms with E-state index >= 15 is 0 Å². The van der Waals surface area contributed by atoms with E-state index in [0.717, 1.165) is 11.1 Å². The number of nitrogens with zero attached hydrogens (tertiary/aromatic N) is 2. The third-order valence-electron chi connectivity index (χ3n) is 4.39. The van der Waals surface area contributed by atoms with Crippen LogP contribution in [0.25, 0.3) is 0 Å². The van der Waals surface area contributed by atoms with E-state index in [1.54, 1.807) is 0 Å². The van der Waals surface area contributed by atoms with Gasteiger partial charge in [-0.3, -0.25) is 14.6 Å². The molecule has 9 heteroatoms. The summed E-state index contributed by atoms with van der Waals surface area (Å²) >= 11 is 0. The fourth-order valence-corrected chi connectivity index (χ4v) is 2.86. The van der Waals surface area contributed by atoms with Crippen LogP contribution >= 0.6 is 0 Å². The summed E-state index contributed by atoms with van der Waals surface area (Å²) in [4.78, 5) is 33.2. The minimum absolute atomic E-state index is 0.0927. The molecule has 0 spiro atoms. The summed E-state index contributed by atoms with van der Waals surface area (Å²) in [5, 5.41) is 24.5. The van der Waals surface area contributed by atoms with E-state index in [2.05, 4.69) is 20.6 Å². The molecular formula is C20H27BN4O4. The standard InChI is InChI=1S/C20H27BN4O4/c1-13(2)10-18(21(28)29)25-19(26)16(11-15-6-4-14(3)5-7-15)24-20(27)17-12-22-8-9-23-17/h4-9,12-13,16,18,28-29H,10-11H2,1-3H3,(H,24,27)(H,25,26)/t16-,18-/m0/s1. The molecule has 0 radical (unpaired) electrons. The number of carbonyl (C=O) groups is 2. The molecule has 1 heterocycles. The quantitative estimate of drug-likeness (QED) is 0.461. The highest BCUT2D eigenvalue weighted by Crippen LogP contribution is 2.10. The van der Waals surface area contributed by atoms with Crippen molar-refractivity contribution in [1.82, 2.24) is 20.6 Å². The van der Waals surface area contributed by atoms with Crippen LogP contribution in [0.2, 0.25) is 0 Å². The largest absolute Gasteiger partial charge is 0.475 e. The molecule has 2 rings (SSSR count). The van der Waals surface area contributed by atoms with Crippen molar-refractivity contribution in [3.05, 3.63) is 59.7 Å². The minimum atomic E-state index is -1.70. The average Bonchev–Trinajstić information content (AvgIpc) is 2.68. The van der Waals surface area contributed by atoms with E-state index in [9.17, 15) is 19.6 Å². The highest BCUT2D eigenvalue weighted by molar-refractivity contribution is 6.43. The normalized spacial score (nSPS) is 12.9. The van der Waals surface area contributed by atoms with Gasteiger partial charge in [-0.15, -0.1) is 0 Å². The van der Waals surface area contributed by atoms with Gasteiger partial charge in [0.25, 0.3) is 5.91 Å². The molecule has 2 atom stereocenters.